The van der Waals surface area contributed by atoms with Gasteiger partial charge in [-0.1, -0.05) is 104 Å². The second-order valence-corrected chi connectivity index (χ2v) is 15.1. The van der Waals surface area contributed by atoms with E-state index in [0.29, 0.717) is 21.7 Å². The molecule has 0 heterocycles. The van der Waals surface area contributed by atoms with Gasteiger partial charge in [0.05, 0.1) is 0 Å². The quantitative estimate of drug-likeness (QED) is 0.342. The molecule has 0 heteroatoms. The van der Waals surface area contributed by atoms with Crippen molar-refractivity contribution in [1.82, 2.24) is 0 Å². The summed E-state index contributed by atoms with van der Waals surface area (Å²) in [6.07, 6.45) is 22.1. The molecule has 4 rings (SSSR count). The molecule has 0 radical (unpaired) electrons. The van der Waals surface area contributed by atoms with Gasteiger partial charge in [0.15, 0.2) is 0 Å². The predicted molar refractivity (Wildman–Crippen MR) is 157 cm³/mol. The highest BCUT2D eigenvalue weighted by Gasteiger charge is 2.51. The number of hydrogen-bond acceptors (Lipinski definition) is 0. The van der Waals surface area contributed by atoms with Gasteiger partial charge in [0.2, 0.25) is 0 Å². The maximum Gasteiger partial charge on any atom is -0.00804 e. The number of fused-ring (bicyclic) bond motifs is 2. The second-order valence-electron chi connectivity index (χ2n) is 15.1. The summed E-state index contributed by atoms with van der Waals surface area (Å²) in [6.45, 7) is 24.7. The average molecular weight is 483 g/mol. The third kappa shape index (κ3) is 5.67. The smallest absolute Gasteiger partial charge is 0.00804 e. The molecular weight excluding hydrogens is 420 g/mol. The first-order chi connectivity index (χ1) is 16.3. The van der Waals surface area contributed by atoms with E-state index in [9.17, 15) is 0 Å². The lowest BCUT2D eigenvalue weighted by atomic mass is 9.48. The highest BCUT2D eigenvalue weighted by molar-refractivity contribution is 5.27. The molecule has 0 aromatic rings. The van der Waals surface area contributed by atoms with Gasteiger partial charge in [-0.2, -0.15) is 0 Å². The van der Waals surface area contributed by atoms with Crippen molar-refractivity contribution in [2.75, 3.05) is 0 Å². The molecule has 5 atom stereocenters. The summed E-state index contributed by atoms with van der Waals surface area (Å²) >= 11 is 0. The van der Waals surface area contributed by atoms with Gasteiger partial charge in [-0.3, -0.25) is 0 Å². The van der Waals surface area contributed by atoms with Crippen LogP contribution in [0.25, 0.3) is 0 Å². The van der Waals surface area contributed by atoms with Crippen molar-refractivity contribution in [3.8, 4) is 0 Å². The highest BCUT2D eigenvalue weighted by Crippen LogP contribution is 2.61. The predicted octanol–water partition coefficient (Wildman–Crippen LogP) is 11.7. The first kappa shape index (κ1) is 29.0. The van der Waals surface area contributed by atoms with Crippen molar-refractivity contribution in [1.29, 1.82) is 0 Å². The Morgan fingerprint density at radius 3 is 2.06 bits per heavy atom. The molecular formula is C35H62. The monoisotopic (exact) mass is 482 g/mol. The fourth-order valence-electron chi connectivity index (χ4n) is 10.0. The van der Waals surface area contributed by atoms with Crippen molar-refractivity contribution in [3.05, 3.63) is 22.8 Å². The van der Waals surface area contributed by atoms with Crippen LogP contribution in [0.3, 0.4) is 0 Å². The van der Waals surface area contributed by atoms with Gasteiger partial charge in [-0.15, -0.1) is 0 Å². The molecule has 35 heavy (non-hydrogen) atoms. The van der Waals surface area contributed by atoms with Crippen LogP contribution in [0.15, 0.2) is 22.8 Å². The molecule has 0 nitrogen and oxygen atoms in total. The van der Waals surface area contributed by atoms with E-state index in [4.69, 9.17) is 0 Å². The Morgan fingerprint density at radius 1 is 0.800 bits per heavy atom. The highest BCUT2D eigenvalue weighted by atomic mass is 14.6. The number of allylic oxidation sites excluding steroid dienone is 4. The fraction of sp³-hybridized carbons (Fsp3) is 0.886. The van der Waals surface area contributed by atoms with E-state index < -0.39 is 0 Å². The first-order valence-corrected chi connectivity index (χ1v) is 15.7. The van der Waals surface area contributed by atoms with Crippen molar-refractivity contribution in [3.63, 3.8) is 0 Å². The van der Waals surface area contributed by atoms with Crippen molar-refractivity contribution < 1.29 is 0 Å². The van der Waals surface area contributed by atoms with E-state index in [1.165, 1.54) is 89.9 Å². The third-order valence-electron chi connectivity index (χ3n) is 11.9. The Labute approximate surface area is 221 Å². The molecule has 5 unspecified atom stereocenters. The lowest BCUT2D eigenvalue weighted by Gasteiger charge is -2.57. The maximum absolute atomic E-state index is 2.59. The van der Waals surface area contributed by atoms with Crippen LogP contribution in [0.1, 0.15) is 159 Å². The van der Waals surface area contributed by atoms with E-state index in [1.807, 2.05) is 5.57 Å². The van der Waals surface area contributed by atoms with Gasteiger partial charge < -0.3 is 0 Å². The van der Waals surface area contributed by atoms with Crippen LogP contribution in [0.2, 0.25) is 0 Å². The van der Waals surface area contributed by atoms with Crippen molar-refractivity contribution in [2.24, 2.45) is 39.4 Å². The van der Waals surface area contributed by atoms with Gasteiger partial charge in [0.1, 0.15) is 0 Å². The summed E-state index contributed by atoms with van der Waals surface area (Å²) < 4.78 is 0. The molecule has 2 fully saturated rings. The Balaban J connectivity index is 0.000000196. The lowest BCUT2D eigenvalue weighted by Crippen LogP contribution is -2.48. The maximum atomic E-state index is 2.59. The van der Waals surface area contributed by atoms with Crippen LogP contribution < -0.4 is 0 Å². The molecule has 0 aromatic heterocycles. The minimum Gasteiger partial charge on any atom is -0.0850 e. The Bertz CT molecular complexity index is 776. The summed E-state index contributed by atoms with van der Waals surface area (Å²) in [5.41, 5.74) is 7.49. The molecule has 0 spiro atoms. The normalized spacial score (nSPS) is 38.0. The standard InChI is InChI=1S/C18H32.C17H30/c1-6-7-9-15-14(2)10-11-16-17(3,4)12-8-13-18(15,16)5;1-6-8-14-13(2)9-10-15-16(3,4)11-7-12-17(14,15)5/h16H,6-13H2,1-5H3;9,14-15H,6-8,10-12H2,1-5H3. The minimum absolute atomic E-state index is 0.527. The average Bonchev–Trinajstić information content (AvgIpc) is 2.75. The molecule has 0 aromatic carbocycles. The minimum atomic E-state index is 0.527. The Kier molecular flexibility index (Phi) is 9.19. The number of rotatable bonds is 5. The molecule has 0 amide bonds. The van der Waals surface area contributed by atoms with E-state index >= 15 is 0 Å². The summed E-state index contributed by atoms with van der Waals surface area (Å²) in [7, 11) is 0. The second kappa shape index (κ2) is 11.1. The zero-order valence-electron chi connectivity index (χ0n) is 25.7. The van der Waals surface area contributed by atoms with Crippen LogP contribution in [0.5, 0.6) is 0 Å². The molecule has 0 saturated heterocycles. The van der Waals surface area contributed by atoms with E-state index in [2.05, 4.69) is 75.3 Å². The van der Waals surface area contributed by atoms with E-state index in [1.54, 1.807) is 11.1 Å². The van der Waals surface area contributed by atoms with E-state index in [-0.39, 0.29) is 0 Å². The molecule has 4 aliphatic carbocycles. The lowest BCUT2D eigenvalue weighted by molar-refractivity contribution is -0.0392. The first-order valence-electron chi connectivity index (χ1n) is 15.7. The number of unbranched alkanes of at least 4 members (excludes halogenated alkanes) is 1. The Morgan fingerprint density at radius 2 is 1.43 bits per heavy atom. The van der Waals surface area contributed by atoms with Crippen LogP contribution in [0.4, 0.5) is 0 Å². The third-order valence-corrected chi connectivity index (χ3v) is 11.9. The van der Waals surface area contributed by atoms with Gasteiger partial charge in [-0.05, 0) is 117 Å². The summed E-state index contributed by atoms with van der Waals surface area (Å²) in [5, 5.41) is 0. The summed E-state index contributed by atoms with van der Waals surface area (Å²) in [4.78, 5) is 0. The molecule has 202 valence electrons. The van der Waals surface area contributed by atoms with Gasteiger partial charge >= 0.3 is 0 Å². The van der Waals surface area contributed by atoms with Gasteiger partial charge in [0.25, 0.3) is 0 Å². The summed E-state index contributed by atoms with van der Waals surface area (Å²) in [5.74, 6) is 2.68. The zero-order chi connectivity index (χ0) is 26.1. The SMILES string of the molecule is CCCC1C(C)=CCC2C(C)(C)CCCC12C.CCCCC1=C(C)CCC2C(C)(C)CCCC12C. The van der Waals surface area contributed by atoms with Gasteiger partial charge in [-0.25, -0.2) is 0 Å². The van der Waals surface area contributed by atoms with E-state index in [0.717, 1.165) is 17.8 Å². The largest absolute Gasteiger partial charge is 0.0850 e. The van der Waals surface area contributed by atoms with Crippen molar-refractivity contribution >= 4 is 0 Å². The Hall–Kier alpha value is -0.520. The fourth-order valence-corrected chi connectivity index (χ4v) is 10.0. The molecule has 0 N–H and O–H groups in total. The van der Waals surface area contributed by atoms with Gasteiger partial charge in [0, 0.05) is 0 Å². The zero-order valence-corrected chi connectivity index (χ0v) is 25.7. The van der Waals surface area contributed by atoms with Crippen molar-refractivity contribution in [2.45, 2.75) is 159 Å². The molecule has 0 bridgehead atoms. The van der Waals surface area contributed by atoms with Crippen LogP contribution >= 0.6 is 0 Å². The van der Waals surface area contributed by atoms with Crippen LogP contribution in [-0.2, 0) is 0 Å². The molecule has 4 aliphatic rings. The van der Waals surface area contributed by atoms with Crippen LogP contribution in [0, 0.1) is 39.4 Å². The number of hydrogen-bond donors (Lipinski definition) is 0. The topological polar surface area (TPSA) is 0 Å². The summed E-state index contributed by atoms with van der Waals surface area (Å²) in [6, 6.07) is 0. The molecule has 2 saturated carbocycles. The molecule has 0 aliphatic heterocycles. The van der Waals surface area contributed by atoms with Crippen LogP contribution in [-0.4, -0.2) is 0 Å².